The molecular weight excluding hydrogens is 550 g/mol. The number of alkyl halides is 2. The average Bonchev–Trinajstić information content (AvgIpc) is 2.76. The summed E-state index contributed by atoms with van der Waals surface area (Å²) in [5.41, 5.74) is -3.74. The minimum atomic E-state index is -4.95. The Kier molecular flexibility index (Phi) is 9.19. The Morgan fingerprint density at radius 2 is 1.13 bits per heavy atom. The average molecular weight is 597 g/mol. The molecule has 3 atom stereocenters. The van der Waals surface area contributed by atoms with Crippen molar-refractivity contribution in [2.24, 2.45) is 46.3 Å². The van der Waals surface area contributed by atoms with E-state index in [4.69, 9.17) is 4.74 Å². The monoisotopic (exact) mass is 596 g/mol. The first kappa shape index (κ1) is 32.9. The Morgan fingerprint density at radius 1 is 0.795 bits per heavy atom. The summed E-state index contributed by atoms with van der Waals surface area (Å²) in [5.74, 6) is 3.01. The van der Waals surface area contributed by atoms with E-state index in [9.17, 15) is 30.3 Å². The number of hydrogen-bond acceptors (Lipinski definition) is 7. The van der Waals surface area contributed by atoms with E-state index in [0.29, 0.717) is 54.8 Å². The first-order valence-electron chi connectivity index (χ1n) is 13.9. The summed E-state index contributed by atoms with van der Waals surface area (Å²) in [4.78, 5) is 0. The highest BCUT2D eigenvalue weighted by Crippen LogP contribution is 2.66. The van der Waals surface area contributed by atoms with Crippen LogP contribution in [0.4, 0.5) is 8.78 Å². The predicted molar refractivity (Wildman–Crippen MR) is 143 cm³/mol. The van der Waals surface area contributed by atoms with Crippen LogP contribution in [-0.2, 0) is 25.0 Å². The molecule has 8 aliphatic carbocycles. The molecule has 39 heavy (non-hydrogen) atoms. The third kappa shape index (κ3) is 5.48. The molecule has 0 amide bonds. The summed E-state index contributed by atoms with van der Waals surface area (Å²) >= 11 is 0. The number of rotatable bonds is 7. The van der Waals surface area contributed by atoms with Crippen molar-refractivity contribution in [2.75, 3.05) is 7.11 Å². The summed E-state index contributed by atoms with van der Waals surface area (Å²) in [5, 5.41) is -2.55. The maximum absolute atomic E-state index is 15.1. The van der Waals surface area contributed by atoms with Crippen molar-refractivity contribution < 1.29 is 39.5 Å². The molecule has 7 nitrogen and oxygen atoms in total. The number of ether oxygens (including phenoxy) is 1. The van der Waals surface area contributed by atoms with E-state index in [1.165, 1.54) is 33.3 Å². The fraction of sp³-hybridized carbons (Fsp3) is 0.929. The molecule has 0 heterocycles. The van der Waals surface area contributed by atoms with Gasteiger partial charge in [-0.25, -0.2) is 25.6 Å². The highest BCUT2D eigenvalue weighted by molar-refractivity contribution is 7.87. The van der Waals surface area contributed by atoms with Gasteiger partial charge in [0.25, 0.3) is 0 Å². The van der Waals surface area contributed by atoms with E-state index in [0.717, 1.165) is 38.5 Å². The number of hydrogen-bond donors (Lipinski definition) is 0. The summed E-state index contributed by atoms with van der Waals surface area (Å²) in [6, 6.07) is 0. The van der Waals surface area contributed by atoms with Crippen LogP contribution in [0.15, 0.2) is 0 Å². The second kappa shape index (κ2) is 10.9. The van der Waals surface area contributed by atoms with E-state index < -0.39 is 47.7 Å². The summed E-state index contributed by atoms with van der Waals surface area (Å²) in [6.45, 7) is 1.49. The van der Waals surface area contributed by atoms with Crippen molar-refractivity contribution in [3.05, 3.63) is 14.9 Å². The van der Waals surface area contributed by atoms with Crippen LogP contribution in [0.1, 0.15) is 90.4 Å². The molecular formula is C28H46F2O7S2. The first-order chi connectivity index (χ1) is 17.1. The molecule has 226 valence electrons. The van der Waals surface area contributed by atoms with Crippen molar-refractivity contribution in [1.29, 1.82) is 0 Å². The molecule has 8 fully saturated rings. The standard InChI is InChI=1S/C13H21FO4S.C13H21FO3S.2CH3/c1-18-11(12(14)19(15,16)17)13-5-8-2-9(6-13)4-10(3-8)7-13;1-2-13(14,18(15,16)17)12-6-9-3-10(7-12)5-11(4-9)8-12;;/h8-12H,2-7H2,1H3,(H,15,16,17);9-11H,2-8H2,1H3,(H,15,16,17);2*1H3/q;;2*+1/p-2. The zero-order valence-electron chi connectivity index (χ0n) is 23.7. The predicted octanol–water partition coefficient (Wildman–Crippen LogP) is 5.78. The Morgan fingerprint density at radius 3 is 1.38 bits per heavy atom. The fourth-order valence-corrected chi connectivity index (χ4v) is 12.5. The van der Waals surface area contributed by atoms with E-state index in [1.54, 1.807) is 0 Å². The number of methoxy groups -OCH3 is 1. The Bertz CT molecular complexity index is 1020. The van der Waals surface area contributed by atoms with E-state index in [1.807, 2.05) is 0 Å². The fourth-order valence-electron chi connectivity index (χ4n) is 10.7. The first-order valence-corrected chi connectivity index (χ1v) is 16.8. The van der Waals surface area contributed by atoms with Gasteiger partial charge in [-0.05, 0) is 119 Å². The minimum Gasteiger partial charge on any atom is -0.746 e. The van der Waals surface area contributed by atoms with Crippen molar-refractivity contribution in [2.45, 2.75) is 107 Å². The Balaban J connectivity index is 0.000000205. The van der Waals surface area contributed by atoms with Gasteiger partial charge >= 0.3 is 0 Å². The molecule has 0 aliphatic heterocycles. The third-order valence-corrected chi connectivity index (χ3v) is 13.5. The van der Waals surface area contributed by atoms with E-state index in [2.05, 4.69) is 0 Å². The van der Waals surface area contributed by atoms with Gasteiger partial charge in [0.1, 0.15) is 26.3 Å². The van der Waals surface area contributed by atoms with Gasteiger partial charge in [0.05, 0.1) is 0 Å². The molecule has 8 saturated carbocycles. The maximum atomic E-state index is 15.1. The molecule has 3 unspecified atom stereocenters. The van der Waals surface area contributed by atoms with Gasteiger partial charge in [-0.15, -0.1) is 0 Å². The second-order valence-electron chi connectivity index (χ2n) is 13.5. The van der Waals surface area contributed by atoms with Crippen LogP contribution in [0, 0.1) is 61.2 Å². The van der Waals surface area contributed by atoms with Crippen molar-refractivity contribution in [3.8, 4) is 0 Å². The summed E-state index contributed by atoms with van der Waals surface area (Å²) < 4.78 is 102. The van der Waals surface area contributed by atoms with Crippen molar-refractivity contribution >= 4 is 20.2 Å². The van der Waals surface area contributed by atoms with Crippen LogP contribution in [0.25, 0.3) is 0 Å². The topological polar surface area (TPSA) is 124 Å². The van der Waals surface area contributed by atoms with Gasteiger partial charge in [-0.2, -0.15) is 0 Å². The van der Waals surface area contributed by atoms with Gasteiger partial charge in [-0.3, -0.25) is 0 Å². The zero-order valence-corrected chi connectivity index (χ0v) is 25.4. The van der Waals surface area contributed by atoms with Crippen LogP contribution >= 0.6 is 0 Å². The lowest BCUT2D eigenvalue weighted by Crippen LogP contribution is -2.59. The number of halogens is 2. The van der Waals surface area contributed by atoms with Gasteiger partial charge in [-0.1, -0.05) is 6.92 Å². The Hall–Kier alpha value is -0.620. The maximum Gasteiger partial charge on any atom is 0.215 e. The normalized spacial score (nSPS) is 42.8. The van der Waals surface area contributed by atoms with E-state index in [-0.39, 0.29) is 21.3 Å². The summed E-state index contributed by atoms with van der Waals surface area (Å²) in [7, 11) is -8.52. The zero-order chi connectivity index (χ0) is 27.0. The Labute approximate surface area is 234 Å². The van der Waals surface area contributed by atoms with Gasteiger partial charge in [0.15, 0.2) is 0 Å². The highest BCUT2D eigenvalue weighted by atomic mass is 32.2. The highest BCUT2D eigenvalue weighted by Gasteiger charge is 2.63. The van der Waals surface area contributed by atoms with Crippen LogP contribution in [-0.4, -0.2) is 49.7 Å². The molecule has 11 heteroatoms. The van der Waals surface area contributed by atoms with Crippen LogP contribution < -0.4 is 0 Å². The molecule has 8 rings (SSSR count). The SMILES string of the molecule is CCC(F)(C12CC3CC(CC(C3)C1)C2)S(=O)(=O)[O-].COC(C(F)S(=O)(=O)[O-])C12CC3CC(CC(C3)C1)C2.[CH3+].[CH3+]. The lowest BCUT2D eigenvalue weighted by atomic mass is 9.48. The minimum absolute atomic E-state index is 0. The quantitative estimate of drug-likeness (QED) is 0.269. The van der Waals surface area contributed by atoms with Crippen LogP contribution in [0.2, 0.25) is 0 Å². The molecule has 0 radical (unpaired) electrons. The van der Waals surface area contributed by atoms with Gasteiger partial charge < -0.3 is 13.8 Å². The third-order valence-electron chi connectivity index (χ3n) is 11.1. The lowest BCUT2D eigenvalue weighted by Gasteiger charge is -2.61. The lowest BCUT2D eigenvalue weighted by molar-refractivity contribution is -0.143. The van der Waals surface area contributed by atoms with Crippen LogP contribution in [0.5, 0.6) is 0 Å². The molecule has 0 saturated heterocycles. The van der Waals surface area contributed by atoms with Gasteiger partial charge in [0, 0.05) is 32.8 Å². The van der Waals surface area contributed by atoms with Gasteiger partial charge in [0.2, 0.25) is 10.5 Å². The summed E-state index contributed by atoms with van der Waals surface area (Å²) in [6.07, 6.45) is 9.81. The van der Waals surface area contributed by atoms with E-state index >= 15 is 4.39 Å². The van der Waals surface area contributed by atoms with Crippen molar-refractivity contribution in [1.82, 2.24) is 0 Å². The van der Waals surface area contributed by atoms with Crippen molar-refractivity contribution in [3.63, 3.8) is 0 Å². The molecule has 0 aromatic rings. The largest absolute Gasteiger partial charge is 0.746 e. The molecule has 0 N–H and O–H groups in total. The molecule has 8 aliphatic rings. The smallest absolute Gasteiger partial charge is 0.215 e. The molecule has 0 aromatic heterocycles. The molecule has 0 aromatic carbocycles. The molecule has 0 spiro atoms. The molecule has 8 bridgehead atoms. The van der Waals surface area contributed by atoms with Crippen LogP contribution in [0.3, 0.4) is 0 Å². The second-order valence-corrected chi connectivity index (χ2v) is 16.5.